The highest BCUT2D eigenvalue weighted by Crippen LogP contribution is 2.31. The largest absolute Gasteiger partial charge is 0.339 e. The molecule has 1 aliphatic carbocycles. The third-order valence-electron chi connectivity index (χ3n) is 3.22. The number of carbonyl (C=O) groups excluding carboxylic acids is 2. The van der Waals surface area contributed by atoms with Crippen LogP contribution in [0.25, 0.3) is 0 Å². The van der Waals surface area contributed by atoms with E-state index in [-0.39, 0.29) is 23.9 Å². The number of rotatable bonds is 2. The monoisotopic (exact) mass is 239 g/mol. The molecule has 0 aromatic rings. The minimum Gasteiger partial charge on any atom is -0.339 e. The van der Waals surface area contributed by atoms with Crippen LogP contribution in [-0.4, -0.2) is 54.0 Å². The molecule has 96 valence electrons. The lowest BCUT2D eigenvalue weighted by Gasteiger charge is -2.35. The maximum atomic E-state index is 11.8. The van der Waals surface area contributed by atoms with Crippen LogP contribution in [0.2, 0.25) is 0 Å². The van der Waals surface area contributed by atoms with E-state index in [4.69, 9.17) is 0 Å². The number of nitrogens with zero attached hydrogens (tertiary/aromatic N) is 2. The lowest BCUT2D eigenvalue weighted by atomic mass is 10.2. The summed E-state index contributed by atoms with van der Waals surface area (Å²) in [7, 11) is 0. The summed E-state index contributed by atoms with van der Waals surface area (Å²) in [6.07, 6.45) is 2.10. The minimum absolute atomic E-state index is 0.0153. The summed E-state index contributed by atoms with van der Waals surface area (Å²) in [5, 5.41) is 2.88. The molecular weight excluding hydrogens is 218 g/mol. The number of hydrogen-bond donors (Lipinski definition) is 1. The van der Waals surface area contributed by atoms with Crippen molar-refractivity contribution in [2.75, 3.05) is 26.2 Å². The molecule has 0 bridgehead atoms. The van der Waals surface area contributed by atoms with Gasteiger partial charge >= 0.3 is 6.03 Å². The molecule has 0 atom stereocenters. The van der Waals surface area contributed by atoms with Gasteiger partial charge in [-0.3, -0.25) is 4.79 Å². The molecule has 0 spiro atoms. The van der Waals surface area contributed by atoms with Crippen molar-refractivity contribution >= 4 is 11.9 Å². The molecule has 5 nitrogen and oxygen atoms in total. The number of piperazine rings is 1. The first-order valence-electron chi connectivity index (χ1n) is 6.42. The molecule has 2 rings (SSSR count). The molecule has 2 fully saturated rings. The van der Waals surface area contributed by atoms with Gasteiger partial charge in [0.15, 0.2) is 0 Å². The quantitative estimate of drug-likeness (QED) is 0.769. The molecule has 5 heteroatoms. The average Bonchev–Trinajstić information content (AvgIpc) is 3.11. The summed E-state index contributed by atoms with van der Waals surface area (Å²) in [6, 6.07) is 0.146. The van der Waals surface area contributed by atoms with Gasteiger partial charge in [0.2, 0.25) is 5.91 Å². The van der Waals surface area contributed by atoms with Gasteiger partial charge in [-0.25, -0.2) is 4.79 Å². The Morgan fingerprint density at radius 2 is 1.59 bits per heavy atom. The van der Waals surface area contributed by atoms with Crippen molar-refractivity contribution < 1.29 is 9.59 Å². The number of nitrogens with one attached hydrogen (secondary N) is 1. The fourth-order valence-electron chi connectivity index (χ4n) is 2.06. The second kappa shape index (κ2) is 4.94. The summed E-state index contributed by atoms with van der Waals surface area (Å²) in [6.45, 7) is 6.56. The smallest absolute Gasteiger partial charge is 0.317 e. The fraction of sp³-hybridized carbons (Fsp3) is 0.833. The highest BCUT2D eigenvalue weighted by atomic mass is 16.2. The zero-order valence-electron chi connectivity index (χ0n) is 10.6. The van der Waals surface area contributed by atoms with E-state index in [2.05, 4.69) is 5.32 Å². The Morgan fingerprint density at radius 3 is 2.06 bits per heavy atom. The van der Waals surface area contributed by atoms with E-state index in [0.29, 0.717) is 26.2 Å². The number of urea groups is 1. The Hall–Kier alpha value is -1.26. The predicted octanol–water partition coefficient (Wildman–Crippen LogP) is 0.659. The Kier molecular flexibility index (Phi) is 3.54. The van der Waals surface area contributed by atoms with Crippen molar-refractivity contribution in [3.05, 3.63) is 0 Å². The minimum atomic E-state index is -0.0153. The van der Waals surface area contributed by atoms with E-state index in [1.807, 2.05) is 18.7 Å². The predicted molar refractivity (Wildman–Crippen MR) is 64.5 cm³/mol. The van der Waals surface area contributed by atoms with E-state index in [1.54, 1.807) is 4.90 Å². The van der Waals surface area contributed by atoms with Crippen molar-refractivity contribution in [3.8, 4) is 0 Å². The van der Waals surface area contributed by atoms with Gasteiger partial charge in [0, 0.05) is 38.1 Å². The molecule has 1 aliphatic heterocycles. The van der Waals surface area contributed by atoms with Crippen LogP contribution in [0.1, 0.15) is 26.7 Å². The molecule has 0 aromatic heterocycles. The van der Waals surface area contributed by atoms with Gasteiger partial charge in [-0.05, 0) is 26.7 Å². The van der Waals surface area contributed by atoms with Crippen LogP contribution in [0.3, 0.4) is 0 Å². The van der Waals surface area contributed by atoms with Crippen LogP contribution >= 0.6 is 0 Å². The normalized spacial score (nSPS) is 20.6. The number of carbonyl (C=O) groups is 2. The third kappa shape index (κ3) is 3.11. The number of amides is 3. The molecule has 3 amide bonds. The SMILES string of the molecule is CC(C)NC(=O)N1CCN(C(=O)C2CC2)CC1. The summed E-state index contributed by atoms with van der Waals surface area (Å²) in [4.78, 5) is 27.3. The van der Waals surface area contributed by atoms with E-state index < -0.39 is 0 Å². The van der Waals surface area contributed by atoms with Gasteiger partial charge in [0.05, 0.1) is 0 Å². The van der Waals surface area contributed by atoms with E-state index >= 15 is 0 Å². The lowest BCUT2D eigenvalue weighted by molar-refractivity contribution is -0.133. The molecule has 0 radical (unpaired) electrons. The van der Waals surface area contributed by atoms with Gasteiger partial charge < -0.3 is 15.1 Å². The van der Waals surface area contributed by atoms with Gasteiger partial charge in [-0.2, -0.15) is 0 Å². The van der Waals surface area contributed by atoms with Crippen molar-refractivity contribution in [1.29, 1.82) is 0 Å². The Labute approximate surface area is 102 Å². The lowest BCUT2D eigenvalue weighted by Crippen LogP contribution is -2.54. The maximum absolute atomic E-state index is 11.8. The molecule has 1 N–H and O–H groups in total. The maximum Gasteiger partial charge on any atom is 0.317 e. The van der Waals surface area contributed by atoms with Crippen LogP contribution in [0, 0.1) is 5.92 Å². The molecule has 0 unspecified atom stereocenters. The summed E-state index contributed by atoms with van der Waals surface area (Å²) in [5.41, 5.74) is 0. The molecular formula is C12H21N3O2. The Bertz CT molecular complexity index is 305. The fourth-order valence-corrected chi connectivity index (χ4v) is 2.06. The summed E-state index contributed by atoms with van der Waals surface area (Å²) < 4.78 is 0. The first-order valence-corrected chi connectivity index (χ1v) is 6.42. The van der Waals surface area contributed by atoms with Crippen molar-refractivity contribution in [1.82, 2.24) is 15.1 Å². The van der Waals surface area contributed by atoms with Crippen molar-refractivity contribution in [3.63, 3.8) is 0 Å². The van der Waals surface area contributed by atoms with Gasteiger partial charge in [-0.1, -0.05) is 0 Å². The van der Waals surface area contributed by atoms with Crippen LogP contribution in [-0.2, 0) is 4.79 Å². The van der Waals surface area contributed by atoms with Crippen LogP contribution in [0.4, 0.5) is 4.79 Å². The standard InChI is InChI=1S/C12H21N3O2/c1-9(2)13-12(17)15-7-5-14(6-8-15)11(16)10-3-4-10/h9-10H,3-8H2,1-2H3,(H,13,17). The molecule has 1 heterocycles. The highest BCUT2D eigenvalue weighted by Gasteiger charge is 2.35. The first-order chi connectivity index (χ1) is 8.08. The van der Waals surface area contributed by atoms with Gasteiger partial charge in [0.25, 0.3) is 0 Å². The molecule has 17 heavy (non-hydrogen) atoms. The van der Waals surface area contributed by atoms with Crippen molar-refractivity contribution in [2.45, 2.75) is 32.7 Å². The van der Waals surface area contributed by atoms with Crippen LogP contribution in [0.5, 0.6) is 0 Å². The van der Waals surface area contributed by atoms with Crippen LogP contribution in [0.15, 0.2) is 0 Å². The molecule has 2 aliphatic rings. The topological polar surface area (TPSA) is 52.7 Å². The van der Waals surface area contributed by atoms with Gasteiger partial charge in [-0.15, -0.1) is 0 Å². The molecule has 0 aromatic carbocycles. The summed E-state index contributed by atoms with van der Waals surface area (Å²) in [5.74, 6) is 0.569. The molecule has 1 saturated heterocycles. The summed E-state index contributed by atoms with van der Waals surface area (Å²) >= 11 is 0. The van der Waals surface area contributed by atoms with E-state index in [0.717, 1.165) is 12.8 Å². The Balaban J connectivity index is 1.77. The highest BCUT2D eigenvalue weighted by molar-refractivity contribution is 5.81. The third-order valence-corrected chi connectivity index (χ3v) is 3.22. The first kappa shape index (κ1) is 12.2. The van der Waals surface area contributed by atoms with Gasteiger partial charge in [0.1, 0.15) is 0 Å². The van der Waals surface area contributed by atoms with E-state index in [9.17, 15) is 9.59 Å². The van der Waals surface area contributed by atoms with E-state index in [1.165, 1.54) is 0 Å². The second-order valence-electron chi connectivity index (χ2n) is 5.19. The zero-order chi connectivity index (χ0) is 12.4. The molecule has 1 saturated carbocycles. The van der Waals surface area contributed by atoms with Crippen molar-refractivity contribution in [2.24, 2.45) is 5.92 Å². The zero-order valence-corrected chi connectivity index (χ0v) is 10.6. The second-order valence-corrected chi connectivity index (χ2v) is 5.19. The van der Waals surface area contributed by atoms with Crippen LogP contribution < -0.4 is 5.32 Å². The number of hydrogen-bond acceptors (Lipinski definition) is 2. The average molecular weight is 239 g/mol. The Morgan fingerprint density at radius 1 is 1.06 bits per heavy atom.